The maximum absolute atomic E-state index is 11.9. The van der Waals surface area contributed by atoms with Gasteiger partial charge in [0.1, 0.15) is 11.5 Å². The lowest BCUT2D eigenvalue weighted by Crippen LogP contribution is -2.24. The van der Waals surface area contributed by atoms with E-state index < -0.39 is 5.97 Å². The van der Waals surface area contributed by atoms with Gasteiger partial charge in [-0.25, -0.2) is 4.98 Å². The highest BCUT2D eigenvalue weighted by Gasteiger charge is 2.12. The second kappa shape index (κ2) is 6.85. The minimum absolute atomic E-state index is 0.162. The number of hydrogen-bond acceptors (Lipinski definition) is 7. The van der Waals surface area contributed by atoms with Crippen LogP contribution in [-0.4, -0.2) is 30.5 Å². The van der Waals surface area contributed by atoms with Crippen LogP contribution in [0.3, 0.4) is 0 Å². The fraction of sp³-hybridized carbons (Fsp3) is 0.214. The third-order valence-corrected chi connectivity index (χ3v) is 3.48. The third-order valence-electron chi connectivity index (χ3n) is 2.55. The largest absolute Gasteiger partial charge is 0.550 e. The van der Waals surface area contributed by atoms with Gasteiger partial charge in [-0.2, -0.15) is 0 Å². The SMILES string of the molecule is COc1ccc(OCC(=O)c2nc(CC(=O)[O-])cs2)cc1. The minimum atomic E-state index is -1.23. The maximum Gasteiger partial charge on any atom is 0.228 e. The Labute approximate surface area is 125 Å². The summed E-state index contributed by atoms with van der Waals surface area (Å²) in [5, 5.41) is 12.2. The molecule has 0 fully saturated rings. The minimum Gasteiger partial charge on any atom is -0.550 e. The Balaban J connectivity index is 1.91. The molecule has 1 aromatic heterocycles. The Bertz CT molecular complexity index is 635. The summed E-state index contributed by atoms with van der Waals surface area (Å²) in [4.78, 5) is 26.3. The normalized spacial score (nSPS) is 10.1. The average Bonchev–Trinajstić information content (AvgIpc) is 2.93. The molecular weight excluding hydrogens is 294 g/mol. The quantitative estimate of drug-likeness (QED) is 0.700. The summed E-state index contributed by atoms with van der Waals surface area (Å²) >= 11 is 1.09. The molecule has 0 aliphatic heterocycles. The van der Waals surface area contributed by atoms with Crippen LogP contribution >= 0.6 is 11.3 Å². The highest BCUT2D eigenvalue weighted by Crippen LogP contribution is 2.18. The van der Waals surface area contributed by atoms with Crippen LogP contribution in [0.25, 0.3) is 0 Å². The van der Waals surface area contributed by atoms with E-state index in [-0.39, 0.29) is 23.8 Å². The number of ketones is 1. The van der Waals surface area contributed by atoms with Crippen molar-refractivity contribution in [2.24, 2.45) is 0 Å². The molecule has 110 valence electrons. The molecule has 0 atom stereocenters. The number of hydrogen-bond donors (Lipinski definition) is 0. The van der Waals surface area contributed by atoms with Crippen LogP contribution in [0, 0.1) is 0 Å². The zero-order chi connectivity index (χ0) is 15.2. The summed E-state index contributed by atoms with van der Waals surface area (Å²) in [6.45, 7) is -0.162. The van der Waals surface area contributed by atoms with Crippen molar-refractivity contribution < 1.29 is 24.2 Å². The molecule has 1 aromatic carbocycles. The number of nitrogens with zero attached hydrogens (tertiary/aromatic N) is 1. The van der Waals surface area contributed by atoms with Crippen LogP contribution < -0.4 is 14.6 Å². The third kappa shape index (κ3) is 4.28. The average molecular weight is 306 g/mol. The number of carbonyl (C=O) groups excluding carboxylic acids is 2. The molecular formula is C14H12NO5S-. The van der Waals surface area contributed by atoms with E-state index in [1.807, 2.05) is 0 Å². The van der Waals surface area contributed by atoms with E-state index in [1.54, 1.807) is 31.4 Å². The molecule has 2 rings (SSSR count). The standard InChI is InChI=1S/C14H13NO5S/c1-19-10-2-4-11(5-3-10)20-7-12(16)14-15-9(8-21-14)6-13(17)18/h2-5,8H,6-7H2,1H3,(H,17,18)/p-1. The fourth-order valence-electron chi connectivity index (χ4n) is 1.55. The summed E-state index contributed by atoms with van der Waals surface area (Å²) in [5.74, 6) is -0.301. The molecule has 0 amide bonds. The van der Waals surface area contributed by atoms with Crippen molar-refractivity contribution in [1.82, 2.24) is 4.98 Å². The smallest absolute Gasteiger partial charge is 0.228 e. The number of carboxylic acid groups (broad SMARTS) is 1. The summed E-state index contributed by atoms with van der Waals surface area (Å²) in [6.07, 6.45) is -0.302. The first kappa shape index (κ1) is 15.0. The monoisotopic (exact) mass is 306 g/mol. The lowest BCUT2D eigenvalue weighted by atomic mass is 10.3. The van der Waals surface area contributed by atoms with Gasteiger partial charge in [0.2, 0.25) is 5.78 Å². The molecule has 1 heterocycles. The first-order valence-electron chi connectivity index (χ1n) is 6.03. The predicted octanol–water partition coefficient (Wildman–Crippen LogP) is 0.706. The van der Waals surface area contributed by atoms with Crippen LogP contribution in [0.1, 0.15) is 15.5 Å². The molecule has 7 heteroatoms. The Morgan fingerprint density at radius 3 is 2.52 bits per heavy atom. The highest BCUT2D eigenvalue weighted by atomic mass is 32.1. The lowest BCUT2D eigenvalue weighted by molar-refractivity contribution is -0.304. The molecule has 2 aromatic rings. The second-order valence-electron chi connectivity index (χ2n) is 4.08. The number of aromatic nitrogens is 1. The van der Waals surface area contributed by atoms with Crippen LogP contribution in [0.4, 0.5) is 0 Å². The number of aliphatic carboxylic acids is 1. The topological polar surface area (TPSA) is 88.6 Å². The summed E-state index contributed by atoms with van der Waals surface area (Å²) in [6, 6.07) is 6.83. The lowest BCUT2D eigenvalue weighted by Gasteiger charge is -2.05. The van der Waals surface area contributed by atoms with Gasteiger partial charge in [-0.15, -0.1) is 11.3 Å². The number of carbonyl (C=O) groups is 2. The molecule has 0 saturated heterocycles. The molecule has 0 unspecified atom stereocenters. The number of methoxy groups -OCH3 is 1. The van der Waals surface area contributed by atoms with Crippen molar-refractivity contribution in [1.29, 1.82) is 0 Å². The van der Waals surface area contributed by atoms with Gasteiger partial charge in [0.05, 0.1) is 12.8 Å². The molecule has 0 saturated carbocycles. The first-order valence-corrected chi connectivity index (χ1v) is 6.90. The van der Waals surface area contributed by atoms with Crippen LogP contribution in [-0.2, 0) is 11.2 Å². The van der Waals surface area contributed by atoms with Crippen molar-refractivity contribution >= 4 is 23.1 Å². The molecule has 6 nitrogen and oxygen atoms in total. The highest BCUT2D eigenvalue weighted by molar-refractivity contribution is 7.11. The summed E-state index contributed by atoms with van der Waals surface area (Å²) < 4.78 is 10.4. The Hall–Kier alpha value is -2.41. The predicted molar refractivity (Wildman–Crippen MR) is 73.6 cm³/mol. The van der Waals surface area contributed by atoms with E-state index in [9.17, 15) is 14.7 Å². The van der Waals surface area contributed by atoms with Crippen molar-refractivity contribution in [3.63, 3.8) is 0 Å². The van der Waals surface area contributed by atoms with Crippen LogP contribution in [0.15, 0.2) is 29.6 Å². The number of Topliss-reactive ketones (excluding diaryl/α,β-unsaturated/α-hetero) is 1. The van der Waals surface area contributed by atoms with E-state index in [0.717, 1.165) is 11.3 Å². The number of benzene rings is 1. The fourth-order valence-corrected chi connectivity index (χ4v) is 2.29. The molecule has 0 aliphatic carbocycles. The Kier molecular flexibility index (Phi) is 4.89. The zero-order valence-electron chi connectivity index (χ0n) is 11.2. The van der Waals surface area contributed by atoms with E-state index in [0.29, 0.717) is 17.2 Å². The zero-order valence-corrected chi connectivity index (χ0v) is 12.0. The Morgan fingerprint density at radius 1 is 1.24 bits per heavy atom. The molecule has 0 spiro atoms. The van der Waals surface area contributed by atoms with Gasteiger partial charge >= 0.3 is 0 Å². The number of thiazole rings is 1. The number of carboxylic acids is 1. The van der Waals surface area contributed by atoms with Crippen molar-refractivity contribution in [2.45, 2.75) is 6.42 Å². The van der Waals surface area contributed by atoms with Crippen molar-refractivity contribution in [3.8, 4) is 11.5 Å². The van der Waals surface area contributed by atoms with Crippen LogP contribution in [0.5, 0.6) is 11.5 Å². The maximum atomic E-state index is 11.9. The van der Waals surface area contributed by atoms with E-state index in [1.165, 1.54) is 5.38 Å². The van der Waals surface area contributed by atoms with Crippen LogP contribution in [0.2, 0.25) is 0 Å². The molecule has 0 bridgehead atoms. The number of rotatable bonds is 7. The molecule has 0 radical (unpaired) electrons. The van der Waals surface area contributed by atoms with Gasteiger partial charge in [0, 0.05) is 17.8 Å². The van der Waals surface area contributed by atoms with Gasteiger partial charge in [-0.1, -0.05) is 0 Å². The molecule has 21 heavy (non-hydrogen) atoms. The van der Waals surface area contributed by atoms with E-state index in [4.69, 9.17) is 9.47 Å². The molecule has 0 N–H and O–H groups in total. The van der Waals surface area contributed by atoms with Crippen molar-refractivity contribution in [2.75, 3.05) is 13.7 Å². The van der Waals surface area contributed by atoms with Gasteiger partial charge < -0.3 is 19.4 Å². The second-order valence-corrected chi connectivity index (χ2v) is 4.94. The molecule has 0 aliphatic rings. The first-order chi connectivity index (χ1) is 10.1. The van der Waals surface area contributed by atoms with Gasteiger partial charge in [0.15, 0.2) is 11.6 Å². The van der Waals surface area contributed by atoms with Gasteiger partial charge in [-0.05, 0) is 24.3 Å². The van der Waals surface area contributed by atoms with Gasteiger partial charge in [0.25, 0.3) is 0 Å². The summed E-state index contributed by atoms with van der Waals surface area (Å²) in [5.41, 5.74) is 0.313. The van der Waals surface area contributed by atoms with E-state index >= 15 is 0 Å². The summed E-state index contributed by atoms with van der Waals surface area (Å²) in [7, 11) is 1.56. The van der Waals surface area contributed by atoms with Gasteiger partial charge in [-0.3, -0.25) is 4.79 Å². The van der Waals surface area contributed by atoms with E-state index in [2.05, 4.69) is 4.98 Å². The number of ether oxygens (including phenoxy) is 2. The Morgan fingerprint density at radius 2 is 1.90 bits per heavy atom. The van der Waals surface area contributed by atoms with Crippen molar-refractivity contribution in [3.05, 3.63) is 40.3 Å².